The van der Waals surface area contributed by atoms with Crippen molar-refractivity contribution in [3.63, 3.8) is 0 Å². The van der Waals surface area contributed by atoms with Crippen LogP contribution in [-0.4, -0.2) is 26.2 Å². The average molecular weight is 409 g/mol. The van der Waals surface area contributed by atoms with Crippen LogP contribution in [0.2, 0.25) is 0 Å². The fourth-order valence-electron chi connectivity index (χ4n) is 3.17. The van der Waals surface area contributed by atoms with Gasteiger partial charge in [-0.2, -0.15) is 14.9 Å². The molecular weight excluding hydrogens is 380 g/mol. The Hall–Kier alpha value is -2.73. The third kappa shape index (κ3) is 4.48. The lowest BCUT2D eigenvalue weighted by Crippen LogP contribution is -2.18. The highest BCUT2D eigenvalue weighted by molar-refractivity contribution is 7.71. The largest absolute Gasteiger partial charge is 0.507 e. The second-order valence-corrected chi connectivity index (χ2v) is 9.63. The first-order valence-corrected chi connectivity index (χ1v) is 10.0. The summed E-state index contributed by atoms with van der Waals surface area (Å²) in [6.45, 7) is 12.6. The van der Waals surface area contributed by atoms with Gasteiger partial charge >= 0.3 is 0 Å². The van der Waals surface area contributed by atoms with E-state index in [2.05, 4.69) is 56.8 Å². The first-order valence-electron chi connectivity index (χ1n) is 9.63. The van der Waals surface area contributed by atoms with E-state index >= 15 is 0 Å². The SMILES string of the molecule is CC(C)(C)c1cc(C=Nn2c(-c3ccccc3)n[nH]c2=S)cc(C(C)(C)C)c1O. The number of phenolic OH excluding ortho intramolecular Hbond substituents is 1. The zero-order valence-electron chi connectivity index (χ0n) is 17.8. The summed E-state index contributed by atoms with van der Waals surface area (Å²) in [5, 5.41) is 22.6. The van der Waals surface area contributed by atoms with Gasteiger partial charge in [-0.25, -0.2) is 5.10 Å². The number of benzene rings is 2. The van der Waals surface area contributed by atoms with Crippen LogP contribution in [0.25, 0.3) is 11.4 Å². The van der Waals surface area contributed by atoms with Crippen molar-refractivity contribution in [2.45, 2.75) is 52.4 Å². The van der Waals surface area contributed by atoms with Gasteiger partial charge in [-0.1, -0.05) is 71.9 Å². The van der Waals surface area contributed by atoms with Crippen molar-refractivity contribution in [3.05, 3.63) is 63.9 Å². The van der Waals surface area contributed by atoms with Crippen LogP contribution in [0.15, 0.2) is 47.6 Å². The molecule has 0 aliphatic carbocycles. The summed E-state index contributed by atoms with van der Waals surface area (Å²) in [4.78, 5) is 0. The van der Waals surface area contributed by atoms with Crippen LogP contribution in [0.3, 0.4) is 0 Å². The number of H-pyrrole nitrogens is 1. The Balaban J connectivity index is 2.11. The van der Waals surface area contributed by atoms with Gasteiger partial charge in [0.25, 0.3) is 0 Å². The van der Waals surface area contributed by atoms with Gasteiger partial charge in [-0.3, -0.25) is 0 Å². The number of aromatic hydroxyl groups is 1. The number of rotatable bonds is 3. The summed E-state index contributed by atoms with van der Waals surface area (Å²) in [7, 11) is 0. The molecule has 152 valence electrons. The lowest BCUT2D eigenvalue weighted by Gasteiger charge is -2.27. The Morgan fingerprint density at radius 3 is 2.07 bits per heavy atom. The van der Waals surface area contributed by atoms with Crippen molar-refractivity contribution in [2.24, 2.45) is 5.10 Å². The van der Waals surface area contributed by atoms with E-state index in [1.165, 1.54) is 0 Å². The van der Waals surface area contributed by atoms with E-state index in [1.54, 1.807) is 10.9 Å². The molecule has 0 amide bonds. The van der Waals surface area contributed by atoms with Crippen LogP contribution >= 0.6 is 12.2 Å². The molecule has 2 N–H and O–H groups in total. The predicted molar refractivity (Wildman–Crippen MR) is 121 cm³/mol. The lowest BCUT2D eigenvalue weighted by molar-refractivity contribution is 0.423. The fourth-order valence-corrected chi connectivity index (χ4v) is 3.35. The Labute approximate surface area is 177 Å². The Morgan fingerprint density at radius 1 is 1.00 bits per heavy atom. The van der Waals surface area contributed by atoms with E-state index in [4.69, 9.17) is 12.2 Å². The number of hydrogen-bond acceptors (Lipinski definition) is 4. The molecule has 0 bridgehead atoms. The van der Waals surface area contributed by atoms with Crippen LogP contribution in [0.1, 0.15) is 58.2 Å². The summed E-state index contributed by atoms with van der Waals surface area (Å²) in [5.74, 6) is 1.00. The third-order valence-electron chi connectivity index (χ3n) is 4.75. The third-order valence-corrected chi connectivity index (χ3v) is 5.02. The van der Waals surface area contributed by atoms with Gasteiger partial charge in [0.15, 0.2) is 5.82 Å². The highest BCUT2D eigenvalue weighted by Gasteiger charge is 2.26. The van der Waals surface area contributed by atoms with Gasteiger partial charge in [-0.05, 0) is 40.7 Å². The maximum Gasteiger partial charge on any atom is 0.216 e. The van der Waals surface area contributed by atoms with E-state index in [0.717, 1.165) is 22.3 Å². The van der Waals surface area contributed by atoms with Gasteiger partial charge in [0, 0.05) is 16.7 Å². The van der Waals surface area contributed by atoms with Gasteiger partial charge in [0.1, 0.15) is 5.75 Å². The van der Waals surface area contributed by atoms with Crippen molar-refractivity contribution >= 4 is 18.4 Å². The van der Waals surface area contributed by atoms with Crippen LogP contribution in [0.4, 0.5) is 0 Å². The van der Waals surface area contributed by atoms with Crippen LogP contribution in [-0.2, 0) is 10.8 Å². The van der Waals surface area contributed by atoms with Gasteiger partial charge in [-0.15, -0.1) is 0 Å². The van der Waals surface area contributed by atoms with Crippen LogP contribution < -0.4 is 0 Å². The summed E-state index contributed by atoms with van der Waals surface area (Å²) in [6.07, 6.45) is 1.77. The second-order valence-electron chi connectivity index (χ2n) is 9.24. The van der Waals surface area contributed by atoms with Crippen LogP contribution in [0.5, 0.6) is 5.75 Å². The molecule has 1 aromatic heterocycles. The molecule has 2 aromatic carbocycles. The number of nitrogens with one attached hydrogen (secondary N) is 1. The molecule has 3 rings (SSSR count). The molecule has 5 nitrogen and oxygen atoms in total. The molecule has 3 aromatic rings. The first-order chi connectivity index (χ1) is 13.5. The molecule has 0 radical (unpaired) electrons. The lowest BCUT2D eigenvalue weighted by atomic mass is 9.78. The smallest absolute Gasteiger partial charge is 0.216 e. The van der Waals surface area contributed by atoms with Gasteiger partial charge in [0.05, 0.1) is 6.21 Å². The number of aromatic nitrogens is 3. The Bertz CT molecular complexity index is 1060. The maximum atomic E-state index is 10.9. The second kappa shape index (κ2) is 7.59. The zero-order chi connectivity index (χ0) is 21.4. The number of hydrogen-bond donors (Lipinski definition) is 2. The molecular formula is C23H28N4OS. The summed E-state index contributed by atoms with van der Waals surface area (Å²) in [6, 6.07) is 13.8. The molecule has 0 fully saturated rings. The standard InChI is InChI=1S/C23H28N4OS/c1-22(2,3)17-12-15(13-18(19(17)28)23(4,5)6)14-24-27-20(25-26-21(27)29)16-10-8-7-9-11-16/h7-14,28H,1-6H3,(H,26,29). The first kappa shape index (κ1) is 21.0. The summed E-state index contributed by atoms with van der Waals surface area (Å²) < 4.78 is 2.04. The van der Waals surface area contributed by atoms with E-state index in [0.29, 0.717) is 16.3 Å². The number of nitrogens with zero attached hydrogens (tertiary/aromatic N) is 3. The Kier molecular flexibility index (Phi) is 5.50. The van der Waals surface area contributed by atoms with Gasteiger partial charge in [0.2, 0.25) is 4.77 Å². The Morgan fingerprint density at radius 2 is 1.55 bits per heavy atom. The van der Waals surface area contributed by atoms with Crippen molar-refractivity contribution in [3.8, 4) is 17.1 Å². The van der Waals surface area contributed by atoms with E-state index in [9.17, 15) is 5.11 Å². The van der Waals surface area contributed by atoms with Crippen molar-refractivity contribution in [2.75, 3.05) is 0 Å². The monoisotopic (exact) mass is 408 g/mol. The summed E-state index contributed by atoms with van der Waals surface area (Å²) in [5.41, 5.74) is 3.22. The highest BCUT2D eigenvalue weighted by Crippen LogP contribution is 2.39. The minimum atomic E-state index is -0.199. The van der Waals surface area contributed by atoms with Crippen molar-refractivity contribution in [1.29, 1.82) is 0 Å². The minimum Gasteiger partial charge on any atom is -0.507 e. The molecule has 6 heteroatoms. The molecule has 0 saturated heterocycles. The average Bonchev–Trinajstić information content (AvgIpc) is 3.00. The van der Waals surface area contributed by atoms with Crippen LogP contribution in [0, 0.1) is 4.77 Å². The highest BCUT2D eigenvalue weighted by atomic mass is 32.1. The summed E-state index contributed by atoms with van der Waals surface area (Å²) >= 11 is 5.37. The van der Waals surface area contributed by atoms with Crippen molar-refractivity contribution in [1.82, 2.24) is 14.9 Å². The zero-order valence-corrected chi connectivity index (χ0v) is 18.6. The van der Waals surface area contributed by atoms with E-state index in [1.807, 2.05) is 42.5 Å². The molecule has 0 saturated carbocycles. The van der Waals surface area contributed by atoms with E-state index in [-0.39, 0.29) is 10.8 Å². The van der Waals surface area contributed by atoms with E-state index < -0.39 is 0 Å². The molecule has 0 atom stereocenters. The molecule has 1 heterocycles. The van der Waals surface area contributed by atoms with Crippen molar-refractivity contribution < 1.29 is 5.11 Å². The maximum absolute atomic E-state index is 10.9. The molecule has 0 aliphatic rings. The quantitative estimate of drug-likeness (QED) is 0.426. The number of phenols is 1. The fraction of sp³-hybridized carbons (Fsp3) is 0.348. The normalized spacial score (nSPS) is 12.6. The molecule has 0 unspecified atom stereocenters. The minimum absolute atomic E-state index is 0.199. The van der Waals surface area contributed by atoms with Gasteiger partial charge < -0.3 is 5.11 Å². The number of aromatic amines is 1. The predicted octanol–water partition coefficient (Wildman–Crippen LogP) is 5.79. The molecule has 0 aliphatic heterocycles. The topological polar surface area (TPSA) is 66.2 Å². The molecule has 29 heavy (non-hydrogen) atoms. The molecule has 0 spiro atoms.